The topological polar surface area (TPSA) is 41.5 Å². The molecule has 1 aromatic heterocycles. The molecule has 2 N–H and O–H groups in total. The second kappa shape index (κ2) is 8.04. The van der Waals surface area contributed by atoms with E-state index in [1.54, 1.807) is 11.3 Å². The zero-order valence-corrected chi connectivity index (χ0v) is 12.5. The molecule has 4 heteroatoms. The normalized spacial score (nSPS) is 12.3. The van der Waals surface area contributed by atoms with Crippen molar-refractivity contribution in [2.75, 3.05) is 13.2 Å². The van der Waals surface area contributed by atoms with Crippen LogP contribution < -0.4 is 10.1 Å². The fourth-order valence-corrected chi connectivity index (χ4v) is 2.57. The highest BCUT2D eigenvalue weighted by Crippen LogP contribution is 2.16. The van der Waals surface area contributed by atoms with Crippen LogP contribution in [0.3, 0.4) is 0 Å². The Balaban J connectivity index is 1.74. The summed E-state index contributed by atoms with van der Waals surface area (Å²) in [5.41, 5.74) is 2.16. The quantitative estimate of drug-likeness (QED) is 0.783. The van der Waals surface area contributed by atoms with E-state index in [-0.39, 0.29) is 0 Å². The Hall–Kier alpha value is -1.36. The number of hydrogen-bond acceptors (Lipinski definition) is 4. The first-order chi connectivity index (χ1) is 9.79. The molecule has 0 aliphatic heterocycles. The number of thiophene rings is 1. The molecule has 0 aliphatic rings. The first-order valence-corrected chi connectivity index (χ1v) is 7.86. The van der Waals surface area contributed by atoms with Crippen molar-refractivity contribution >= 4 is 11.3 Å². The zero-order chi connectivity index (χ0) is 14.2. The predicted octanol–water partition coefficient (Wildman–Crippen LogP) is 3.36. The SMILES string of the molecule is CCCOc1ccc(CNCC(O)c2ccsc2)cc1. The van der Waals surface area contributed by atoms with Crippen molar-refractivity contribution in [2.45, 2.75) is 26.0 Å². The molecule has 0 amide bonds. The molecule has 1 unspecified atom stereocenters. The maximum Gasteiger partial charge on any atom is 0.119 e. The lowest BCUT2D eigenvalue weighted by atomic mass is 10.2. The van der Waals surface area contributed by atoms with E-state index in [0.717, 1.165) is 30.9 Å². The molecule has 0 saturated carbocycles. The Morgan fingerprint density at radius 2 is 2.05 bits per heavy atom. The first-order valence-electron chi connectivity index (χ1n) is 6.92. The van der Waals surface area contributed by atoms with Crippen molar-refractivity contribution in [1.82, 2.24) is 5.32 Å². The van der Waals surface area contributed by atoms with Crippen molar-refractivity contribution in [3.05, 3.63) is 52.2 Å². The van der Waals surface area contributed by atoms with E-state index in [4.69, 9.17) is 4.74 Å². The number of rotatable bonds is 8. The van der Waals surface area contributed by atoms with Crippen LogP contribution >= 0.6 is 11.3 Å². The largest absolute Gasteiger partial charge is 0.494 e. The van der Waals surface area contributed by atoms with Crippen LogP contribution in [0, 0.1) is 0 Å². The summed E-state index contributed by atoms with van der Waals surface area (Å²) < 4.78 is 5.54. The third kappa shape index (κ3) is 4.63. The number of nitrogens with one attached hydrogen (secondary N) is 1. The van der Waals surface area contributed by atoms with Crippen molar-refractivity contribution in [2.24, 2.45) is 0 Å². The predicted molar refractivity (Wildman–Crippen MR) is 83.2 cm³/mol. The summed E-state index contributed by atoms with van der Waals surface area (Å²) in [5, 5.41) is 17.2. The number of hydrogen-bond donors (Lipinski definition) is 2. The molecule has 1 heterocycles. The van der Waals surface area contributed by atoms with Gasteiger partial charge in [0.2, 0.25) is 0 Å². The van der Waals surface area contributed by atoms with Crippen LogP contribution in [-0.4, -0.2) is 18.3 Å². The molecule has 1 aromatic carbocycles. The Morgan fingerprint density at radius 3 is 2.70 bits per heavy atom. The monoisotopic (exact) mass is 291 g/mol. The molecule has 0 saturated heterocycles. The fraction of sp³-hybridized carbons (Fsp3) is 0.375. The van der Waals surface area contributed by atoms with E-state index >= 15 is 0 Å². The maximum atomic E-state index is 9.95. The lowest BCUT2D eigenvalue weighted by Crippen LogP contribution is -2.20. The van der Waals surface area contributed by atoms with Gasteiger partial charge in [0.05, 0.1) is 12.7 Å². The van der Waals surface area contributed by atoms with Crippen LogP contribution in [0.1, 0.15) is 30.6 Å². The Labute approximate surface area is 124 Å². The van der Waals surface area contributed by atoms with Crippen LogP contribution in [-0.2, 0) is 6.54 Å². The average molecular weight is 291 g/mol. The van der Waals surface area contributed by atoms with Crippen molar-refractivity contribution in [3.8, 4) is 5.75 Å². The molecule has 0 spiro atoms. The Bertz CT molecular complexity index is 482. The minimum absolute atomic E-state index is 0.437. The highest BCUT2D eigenvalue weighted by Gasteiger charge is 2.06. The lowest BCUT2D eigenvalue weighted by molar-refractivity contribution is 0.175. The van der Waals surface area contributed by atoms with Gasteiger partial charge in [-0.25, -0.2) is 0 Å². The minimum atomic E-state index is -0.437. The van der Waals surface area contributed by atoms with E-state index in [0.29, 0.717) is 6.54 Å². The van der Waals surface area contributed by atoms with Gasteiger partial charge >= 0.3 is 0 Å². The van der Waals surface area contributed by atoms with Gasteiger partial charge in [0.25, 0.3) is 0 Å². The minimum Gasteiger partial charge on any atom is -0.494 e. The van der Waals surface area contributed by atoms with Gasteiger partial charge in [0, 0.05) is 13.1 Å². The lowest BCUT2D eigenvalue weighted by Gasteiger charge is -2.11. The molecule has 3 nitrogen and oxygen atoms in total. The summed E-state index contributed by atoms with van der Waals surface area (Å²) in [6.45, 7) is 4.15. The maximum absolute atomic E-state index is 9.95. The van der Waals surface area contributed by atoms with E-state index in [2.05, 4.69) is 24.4 Å². The van der Waals surface area contributed by atoms with Crippen molar-refractivity contribution in [3.63, 3.8) is 0 Å². The van der Waals surface area contributed by atoms with Crippen molar-refractivity contribution in [1.29, 1.82) is 0 Å². The van der Waals surface area contributed by atoms with Crippen LogP contribution in [0.5, 0.6) is 5.75 Å². The van der Waals surface area contributed by atoms with Gasteiger partial charge in [-0.1, -0.05) is 19.1 Å². The molecule has 0 bridgehead atoms. The summed E-state index contributed by atoms with van der Waals surface area (Å²) in [6, 6.07) is 10.0. The second-order valence-corrected chi connectivity index (χ2v) is 5.48. The summed E-state index contributed by atoms with van der Waals surface area (Å²) in [5.74, 6) is 0.911. The van der Waals surface area contributed by atoms with Gasteiger partial charge < -0.3 is 15.2 Å². The second-order valence-electron chi connectivity index (χ2n) is 4.70. The zero-order valence-electron chi connectivity index (χ0n) is 11.7. The van der Waals surface area contributed by atoms with Gasteiger partial charge in [-0.3, -0.25) is 0 Å². The Morgan fingerprint density at radius 1 is 1.25 bits per heavy atom. The summed E-state index contributed by atoms with van der Waals surface area (Å²) in [6.07, 6.45) is 0.581. The molecule has 1 atom stereocenters. The van der Waals surface area contributed by atoms with Gasteiger partial charge in [-0.2, -0.15) is 11.3 Å². The molecule has 0 aliphatic carbocycles. The molecule has 2 aromatic rings. The third-order valence-electron chi connectivity index (χ3n) is 2.99. The smallest absolute Gasteiger partial charge is 0.119 e. The summed E-state index contributed by atoms with van der Waals surface area (Å²) >= 11 is 1.60. The van der Waals surface area contributed by atoms with Gasteiger partial charge in [0.15, 0.2) is 0 Å². The number of benzene rings is 1. The van der Waals surface area contributed by atoms with Gasteiger partial charge in [-0.15, -0.1) is 0 Å². The van der Waals surface area contributed by atoms with E-state index in [9.17, 15) is 5.11 Å². The number of ether oxygens (including phenoxy) is 1. The van der Waals surface area contributed by atoms with Crippen LogP contribution in [0.25, 0.3) is 0 Å². The van der Waals surface area contributed by atoms with Gasteiger partial charge in [0.1, 0.15) is 5.75 Å². The molecule has 20 heavy (non-hydrogen) atoms. The fourth-order valence-electron chi connectivity index (χ4n) is 1.86. The highest BCUT2D eigenvalue weighted by molar-refractivity contribution is 7.07. The highest BCUT2D eigenvalue weighted by atomic mass is 32.1. The van der Waals surface area contributed by atoms with Gasteiger partial charge in [-0.05, 0) is 46.5 Å². The average Bonchev–Trinajstić information content (AvgIpc) is 3.00. The van der Waals surface area contributed by atoms with E-state index in [1.165, 1.54) is 5.56 Å². The van der Waals surface area contributed by atoms with Crippen LogP contribution in [0.2, 0.25) is 0 Å². The number of aliphatic hydroxyl groups is 1. The summed E-state index contributed by atoms with van der Waals surface area (Å²) in [4.78, 5) is 0. The molecular formula is C16H21NO2S. The van der Waals surface area contributed by atoms with Crippen molar-refractivity contribution < 1.29 is 9.84 Å². The number of aliphatic hydroxyl groups excluding tert-OH is 1. The van der Waals surface area contributed by atoms with E-state index in [1.807, 2.05) is 29.0 Å². The van der Waals surface area contributed by atoms with E-state index < -0.39 is 6.10 Å². The van der Waals surface area contributed by atoms with Crippen LogP contribution in [0.4, 0.5) is 0 Å². The molecule has 2 rings (SSSR count). The molecule has 108 valence electrons. The Kier molecular flexibility index (Phi) is 6.05. The molecule has 0 fully saturated rings. The molecular weight excluding hydrogens is 270 g/mol. The van der Waals surface area contributed by atoms with Crippen LogP contribution in [0.15, 0.2) is 41.1 Å². The standard InChI is InChI=1S/C16H21NO2S/c1-2-8-19-15-5-3-13(4-6-15)10-17-11-16(18)14-7-9-20-12-14/h3-7,9,12,16-18H,2,8,10-11H2,1H3. The first kappa shape index (κ1) is 15.0. The third-order valence-corrected chi connectivity index (χ3v) is 3.69. The summed E-state index contributed by atoms with van der Waals surface area (Å²) in [7, 11) is 0. The molecule has 0 radical (unpaired) electrons.